The second-order valence-electron chi connectivity index (χ2n) is 11.8. The van der Waals surface area contributed by atoms with Crippen LogP contribution in [0.25, 0.3) is 10.2 Å². The summed E-state index contributed by atoms with van der Waals surface area (Å²) >= 11 is 1.49. The first-order valence-electron chi connectivity index (χ1n) is 15.1. The monoisotopic (exact) mass is 658 g/mol. The number of anilines is 1. The van der Waals surface area contributed by atoms with Crippen LogP contribution in [0.4, 0.5) is 18.3 Å². The molecule has 1 saturated carbocycles. The number of rotatable bonds is 12. The van der Waals surface area contributed by atoms with Gasteiger partial charge in [0.05, 0.1) is 41.7 Å². The third-order valence-corrected chi connectivity index (χ3v) is 9.78. The number of carbonyl (C=O) groups is 3. The van der Waals surface area contributed by atoms with Crippen molar-refractivity contribution in [3.8, 4) is 5.75 Å². The van der Waals surface area contributed by atoms with Gasteiger partial charge in [-0.05, 0) is 68.9 Å². The number of thiazole rings is 1. The van der Waals surface area contributed by atoms with E-state index in [4.69, 9.17) is 15.1 Å². The summed E-state index contributed by atoms with van der Waals surface area (Å²) in [5, 5.41) is 12.2. The number of ketones is 1. The number of ether oxygens (including phenoxy) is 3. The van der Waals surface area contributed by atoms with Crippen LogP contribution in [0.1, 0.15) is 54.4 Å². The molecule has 46 heavy (non-hydrogen) atoms. The van der Waals surface area contributed by atoms with E-state index in [1.165, 1.54) is 36.6 Å². The molecule has 1 aliphatic carbocycles. The molecule has 1 amide bonds. The molecule has 244 valence electrons. The third-order valence-electron chi connectivity index (χ3n) is 8.74. The van der Waals surface area contributed by atoms with E-state index >= 15 is 0 Å². The van der Waals surface area contributed by atoms with Gasteiger partial charge in [0.1, 0.15) is 18.1 Å². The van der Waals surface area contributed by atoms with Crippen LogP contribution < -0.4 is 15.0 Å². The minimum Gasteiger partial charge on any atom is -0.468 e. The van der Waals surface area contributed by atoms with Gasteiger partial charge in [0.2, 0.25) is 0 Å². The number of piperidine rings is 1. The second kappa shape index (κ2) is 13.0. The fourth-order valence-corrected chi connectivity index (χ4v) is 7.50. The number of para-hydroxylation sites is 1. The summed E-state index contributed by atoms with van der Waals surface area (Å²) in [4.78, 5) is 44.3. The number of carbonyl (C=O) groups excluding carboxylic acids is 3. The Balaban J connectivity index is 1.12. The summed E-state index contributed by atoms with van der Waals surface area (Å²) in [6.45, 7) is -0.307. The van der Waals surface area contributed by atoms with E-state index < -0.39 is 24.0 Å². The molecule has 2 aliphatic heterocycles. The Morgan fingerprint density at radius 1 is 1.09 bits per heavy atom. The fourth-order valence-electron chi connectivity index (χ4n) is 6.35. The molecular weight excluding hydrogens is 625 g/mol. The number of benzene rings is 2. The van der Waals surface area contributed by atoms with Gasteiger partial charge in [-0.15, -0.1) is 13.2 Å². The largest absolute Gasteiger partial charge is 0.573 e. The summed E-state index contributed by atoms with van der Waals surface area (Å²) in [7, 11) is 1.25. The van der Waals surface area contributed by atoms with Crippen LogP contribution in [0.15, 0.2) is 42.5 Å². The minimum absolute atomic E-state index is 0.0720. The first-order chi connectivity index (χ1) is 22.0. The number of esters is 1. The van der Waals surface area contributed by atoms with Crippen molar-refractivity contribution in [3.05, 3.63) is 53.6 Å². The Hall–Kier alpha value is -4.04. The quantitative estimate of drug-likeness (QED) is 0.199. The lowest BCUT2D eigenvalue weighted by Crippen LogP contribution is -2.46. The number of hydrogen-bond acceptors (Lipinski definition) is 10. The van der Waals surface area contributed by atoms with Gasteiger partial charge in [0.15, 0.2) is 5.13 Å². The van der Waals surface area contributed by atoms with E-state index in [0.717, 1.165) is 34.3 Å². The summed E-state index contributed by atoms with van der Waals surface area (Å²) in [6, 6.07) is 10.9. The zero-order valence-corrected chi connectivity index (χ0v) is 25.8. The molecule has 2 saturated heterocycles. The molecule has 3 heterocycles. The molecule has 3 aliphatic rings. The Kier molecular flexibility index (Phi) is 9.01. The van der Waals surface area contributed by atoms with Crippen LogP contribution in [-0.4, -0.2) is 73.2 Å². The van der Waals surface area contributed by atoms with Crippen molar-refractivity contribution in [2.24, 2.45) is 11.8 Å². The summed E-state index contributed by atoms with van der Waals surface area (Å²) in [5.41, 5.74) is 0.870. The number of halogens is 3. The van der Waals surface area contributed by atoms with Gasteiger partial charge in [-0.3, -0.25) is 14.4 Å². The zero-order chi connectivity index (χ0) is 32.6. The normalized spacial score (nSPS) is 21.6. The number of hydrogen-bond donors (Lipinski definition) is 2. The Morgan fingerprint density at radius 3 is 2.48 bits per heavy atom. The molecule has 2 N–H and O–H groups in total. The van der Waals surface area contributed by atoms with Gasteiger partial charge in [0.25, 0.3) is 5.91 Å². The van der Waals surface area contributed by atoms with Crippen LogP contribution in [-0.2, 0) is 19.1 Å². The van der Waals surface area contributed by atoms with Crippen LogP contribution in [0.2, 0.25) is 0 Å². The van der Waals surface area contributed by atoms with Gasteiger partial charge in [-0.1, -0.05) is 23.5 Å². The van der Waals surface area contributed by atoms with E-state index in [0.29, 0.717) is 31.2 Å². The molecule has 3 fully saturated rings. The topological polar surface area (TPSA) is 131 Å². The van der Waals surface area contributed by atoms with Gasteiger partial charge in [-0.2, -0.15) is 0 Å². The summed E-state index contributed by atoms with van der Waals surface area (Å²) < 4.78 is 55.1. The number of amides is 1. The van der Waals surface area contributed by atoms with Crippen LogP contribution in [0, 0.1) is 17.2 Å². The molecule has 2 bridgehead atoms. The highest BCUT2D eigenvalue weighted by Gasteiger charge is 2.44. The van der Waals surface area contributed by atoms with E-state index in [1.54, 1.807) is 18.2 Å². The fraction of sp³-hybridized carbons (Fsp3) is 0.469. The smallest absolute Gasteiger partial charge is 0.468 e. The number of methoxy groups -OCH3 is 1. The zero-order valence-electron chi connectivity index (χ0n) is 25.0. The second-order valence-corrected chi connectivity index (χ2v) is 12.9. The van der Waals surface area contributed by atoms with Crippen molar-refractivity contribution in [1.82, 2.24) is 10.3 Å². The maximum atomic E-state index is 13.3. The third kappa shape index (κ3) is 7.02. The Labute approximate surface area is 266 Å². The number of aromatic nitrogens is 1. The van der Waals surface area contributed by atoms with Gasteiger partial charge in [0, 0.05) is 29.1 Å². The van der Waals surface area contributed by atoms with E-state index in [-0.39, 0.29) is 60.2 Å². The van der Waals surface area contributed by atoms with Crippen molar-refractivity contribution >= 4 is 50.1 Å². The van der Waals surface area contributed by atoms with Crippen molar-refractivity contribution < 1.29 is 41.8 Å². The predicted octanol–water partition coefficient (Wildman–Crippen LogP) is 5.28. The lowest BCUT2D eigenvalue weighted by Gasteiger charge is -2.39. The Morgan fingerprint density at radius 2 is 1.80 bits per heavy atom. The average molecular weight is 659 g/mol. The van der Waals surface area contributed by atoms with Crippen LogP contribution >= 0.6 is 11.3 Å². The molecular formula is C32H33F3N4O6S. The highest BCUT2D eigenvalue weighted by atomic mass is 32.1. The maximum Gasteiger partial charge on any atom is 0.573 e. The Bertz CT molecular complexity index is 1640. The van der Waals surface area contributed by atoms with E-state index in [2.05, 4.69) is 19.7 Å². The molecule has 3 aromatic rings. The number of nitrogens with zero attached hydrogens (tertiary/aromatic N) is 2. The molecule has 10 nitrogen and oxygen atoms in total. The standard InChI is InChI=1S/C32H33F3N4O6S/c1-43-27(40)15-37-30(42)18-8-11-24-26(12-18)46-31(38-24)39-19-9-10-20(39)14-21(13-19)44-16-23(29(41)17-6-7-17)28(36)22-4-2-3-5-25(22)45-32(33,34)35/h2-5,8,11-12,17,19-21,23,36H,6-7,9-10,13-16H2,1H3,(H,37,42). The first-order valence-corrected chi connectivity index (χ1v) is 15.9. The molecule has 2 aromatic carbocycles. The maximum absolute atomic E-state index is 13.3. The molecule has 3 unspecified atom stereocenters. The first kappa shape index (κ1) is 31.9. The number of Topliss-reactive ketones (excluding diaryl/α,β-unsaturated/α-hetero) is 1. The molecule has 0 spiro atoms. The summed E-state index contributed by atoms with van der Waals surface area (Å²) in [5.74, 6) is -2.82. The molecule has 1 aromatic heterocycles. The predicted molar refractivity (Wildman–Crippen MR) is 163 cm³/mol. The van der Waals surface area contributed by atoms with E-state index in [1.807, 2.05) is 0 Å². The SMILES string of the molecule is COC(=O)CNC(=O)c1ccc2nc(N3C4CCC3CC(OCC(C(=N)c3ccccc3OC(F)(F)F)C(=O)C3CC3)C4)sc2c1. The summed E-state index contributed by atoms with van der Waals surface area (Å²) in [6.07, 6.45) is -0.479. The number of nitrogens with one attached hydrogen (secondary N) is 2. The van der Waals surface area contributed by atoms with Crippen molar-refractivity contribution in [2.75, 3.05) is 25.2 Å². The molecule has 0 radical (unpaired) electrons. The lowest BCUT2D eigenvalue weighted by molar-refractivity contribution is -0.274. The van der Waals surface area contributed by atoms with Crippen LogP contribution in [0.3, 0.4) is 0 Å². The highest BCUT2D eigenvalue weighted by molar-refractivity contribution is 7.22. The van der Waals surface area contributed by atoms with Crippen molar-refractivity contribution in [3.63, 3.8) is 0 Å². The molecule has 6 rings (SSSR count). The van der Waals surface area contributed by atoms with Gasteiger partial charge in [-0.25, -0.2) is 4.98 Å². The van der Waals surface area contributed by atoms with Gasteiger partial charge < -0.3 is 29.8 Å². The molecule has 14 heteroatoms. The molecule has 3 atom stereocenters. The lowest BCUT2D eigenvalue weighted by atomic mass is 9.90. The average Bonchev–Trinajstić information content (AvgIpc) is 3.74. The van der Waals surface area contributed by atoms with Gasteiger partial charge >= 0.3 is 12.3 Å². The number of alkyl halides is 3. The van der Waals surface area contributed by atoms with E-state index in [9.17, 15) is 27.6 Å². The number of fused-ring (bicyclic) bond motifs is 3. The highest BCUT2D eigenvalue weighted by Crippen LogP contribution is 2.43. The van der Waals surface area contributed by atoms with Crippen LogP contribution in [0.5, 0.6) is 5.75 Å². The minimum atomic E-state index is -4.93. The van der Waals surface area contributed by atoms with Crippen molar-refractivity contribution in [1.29, 1.82) is 5.41 Å². The van der Waals surface area contributed by atoms with Crippen molar-refractivity contribution in [2.45, 2.75) is 63.1 Å².